The van der Waals surface area contributed by atoms with Crippen LogP contribution < -0.4 is 10.5 Å². The molecule has 1 atom stereocenters. The number of hydrogen-bond donors (Lipinski definition) is 2. The van der Waals surface area contributed by atoms with Gasteiger partial charge in [0.05, 0.1) is 17.4 Å². The van der Waals surface area contributed by atoms with Gasteiger partial charge in [-0.25, -0.2) is 13.1 Å². The minimum atomic E-state index is -3.41. The lowest BCUT2D eigenvalue weighted by Crippen LogP contribution is -2.38. The number of nitriles is 1. The lowest BCUT2D eigenvalue weighted by molar-refractivity contribution is 0.562. The number of hydrogen-bond acceptors (Lipinski definition) is 4. The van der Waals surface area contributed by atoms with Gasteiger partial charge in [-0.3, -0.25) is 0 Å². The number of nitrogens with two attached hydrogens (primary N) is 1. The van der Waals surface area contributed by atoms with Gasteiger partial charge in [0, 0.05) is 12.6 Å². The Morgan fingerprint density at radius 3 is 2.72 bits per heavy atom. The Morgan fingerprint density at radius 1 is 1.50 bits per heavy atom. The van der Waals surface area contributed by atoms with Crippen molar-refractivity contribution >= 4 is 22.4 Å². The first-order chi connectivity index (χ1) is 7.96. The molecule has 1 aromatic rings. The first kappa shape index (κ1) is 16.9. The van der Waals surface area contributed by atoms with E-state index in [0.717, 1.165) is 0 Å². The van der Waals surface area contributed by atoms with Crippen molar-refractivity contribution in [3.8, 4) is 6.07 Å². The van der Waals surface area contributed by atoms with E-state index in [2.05, 4.69) is 4.72 Å². The molecule has 0 unspecified atom stereocenters. The highest BCUT2D eigenvalue weighted by Gasteiger charge is 2.14. The van der Waals surface area contributed by atoms with Crippen LogP contribution in [0.25, 0.3) is 0 Å². The standard InChI is InChI=1S/C11H15N3O2S.ClH/c1-9(6-12)14-17(15,16)8-11-4-2-3-10(5-11)7-13;/h2-5,9,14H,6,8,12H2,1H3;1H/t9-;/m1./s1. The first-order valence-corrected chi connectivity index (χ1v) is 6.81. The predicted octanol–water partition coefficient (Wildman–Crippen LogP) is 0.747. The fourth-order valence-electron chi connectivity index (χ4n) is 1.35. The van der Waals surface area contributed by atoms with Crippen molar-refractivity contribution in [2.24, 2.45) is 5.73 Å². The smallest absolute Gasteiger partial charge is 0.216 e. The Balaban J connectivity index is 0.00000289. The highest BCUT2D eigenvalue weighted by atomic mass is 35.5. The molecule has 18 heavy (non-hydrogen) atoms. The summed E-state index contributed by atoms with van der Waals surface area (Å²) in [7, 11) is -3.41. The summed E-state index contributed by atoms with van der Waals surface area (Å²) in [6.07, 6.45) is 0. The van der Waals surface area contributed by atoms with Crippen molar-refractivity contribution in [3.05, 3.63) is 35.4 Å². The molecule has 7 heteroatoms. The molecule has 1 aromatic carbocycles. The average molecular weight is 290 g/mol. The van der Waals surface area contributed by atoms with Crippen molar-refractivity contribution < 1.29 is 8.42 Å². The van der Waals surface area contributed by atoms with E-state index in [4.69, 9.17) is 11.0 Å². The lowest BCUT2D eigenvalue weighted by Gasteiger charge is -2.11. The van der Waals surface area contributed by atoms with Gasteiger partial charge in [-0.2, -0.15) is 5.26 Å². The minimum absolute atomic E-state index is 0. The molecular weight excluding hydrogens is 274 g/mol. The summed E-state index contributed by atoms with van der Waals surface area (Å²) in [5.74, 6) is -0.146. The second-order valence-electron chi connectivity index (χ2n) is 3.83. The molecule has 0 aromatic heterocycles. The second-order valence-corrected chi connectivity index (χ2v) is 5.58. The van der Waals surface area contributed by atoms with Crippen molar-refractivity contribution in [2.75, 3.05) is 6.54 Å². The number of nitrogens with one attached hydrogen (secondary N) is 1. The second kappa shape index (κ2) is 7.34. The van der Waals surface area contributed by atoms with Crippen LogP contribution in [0.1, 0.15) is 18.1 Å². The molecule has 0 saturated carbocycles. The van der Waals surface area contributed by atoms with Crippen LogP contribution in [0.5, 0.6) is 0 Å². The number of nitrogens with zero attached hydrogens (tertiary/aromatic N) is 1. The Hall–Kier alpha value is -1.13. The van der Waals surface area contributed by atoms with Gasteiger partial charge in [-0.1, -0.05) is 12.1 Å². The third-order valence-corrected chi connectivity index (χ3v) is 3.62. The third-order valence-electron chi connectivity index (χ3n) is 2.15. The highest BCUT2D eigenvalue weighted by Crippen LogP contribution is 2.08. The number of benzene rings is 1. The van der Waals surface area contributed by atoms with Crippen LogP contribution in [0.3, 0.4) is 0 Å². The number of rotatable bonds is 5. The van der Waals surface area contributed by atoms with Gasteiger partial charge in [-0.05, 0) is 24.6 Å². The van der Waals surface area contributed by atoms with Crippen LogP contribution >= 0.6 is 12.4 Å². The van der Waals surface area contributed by atoms with Gasteiger partial charge < -0.3 is 5.73 Å². The normalized spacial score (nSPS) is 12.3. The predicted molar refractivity (Wildman–Crippen MR) is 72.7 cm³/mol. The van der Waals surface area contributed by atoms with E-state index in [1.54, 1.807) is 31.2 Å². The van der Waals surface area contributed by atoms with E-state index >= 15 is 0 Å². The molecule has 0 aliphatic rings. The summed E-state index contributed by atoms with van der Waals surface area (Å²) in [5, 5.41) is 8.71. The van der Waals surface area contributed by atoms with Gasteiger partial charge in [0.25, 0.3) is 0 Å². The summed E-state index contributed by atoms with van der Waals surface area (Å²) in [4.78, 5) is 0. The zero-order chi connectivity index (χ0) is 12.9. The van der Waals surface area contributed by atoms with Crippen LogP contribution in [0.4, 0.5) is 0 Å². The van der Waals surface area contributed by atoms with Crippen molar-refractivity contribution in [3.63, 3.8) is 0 Å². The molecule has 0 bridgehead atoms. The molecule has 0 saturated heterocycles. The largest absolute Gasteiger partial charge is 0.329 e. The van der Waals surface area contributed by atoms with Crippen LogP contribution in [0, 0.1) is 11.3 Å². The Morgan fingerprint density at radius 2 is 2.17 bits per heavy atom. The minimum Gasteiger partial charge on any atom is -0.329 e. The fraction of sp³-hybridized carbons (Fsp3) is 0.364. The van der Waals surface area contributed by atoms with Crippen LogP contribution in [0.15, 0.2) is 24.3 Å². The molecule has 1 rings (SSSR count). The summed E-state index contributed by atoms with van der Waals surface area (Å²) < 4.78 is 25.9. The molecule has 0 radical (unpaired) electrons. The van der Waals surface area contributed by atoms with E-state index in [9.17, 15) is 8.42 Å². The number of halogens is 1. The van der Waals surface area contributed by atoms with E-state index in [-0.39, 0.29) is 30.7 Å². The van der Waals surface area contributed by atoms with Gasteiger partial charge in [0.15, 0.2) is 0 Å². The van der Waals surface area contributed by atoms with E-state index < -0.39 is 10.0 Å². The van der Waals surface area contributed by atoms with Gasteiger partial charge in [-0.15, -0.1) is 12.4 Å². The lowest BCUT2D eigenvalue weighted by atomic mass is 10.2. The maximum atomic E-state index is 11.7. The zero-order valence-electron chi connectivity index (χ0n) is 9.96. The van der Waals surface area contributed by atoms with Crippen LogP contribution in [-0.2, 0) is 15.8 Å². The van der Waals surface area contributed by atoms with Crippen molar-refractivity contribution in [1.82, 2.24) is 4.72 Å². The average Bonchev–Trinajstić information content (AvgIpc) is 2.27. The van der Waals surface area contributed by atoms with Crippen molar-refractivity contribution in [2.45, 2.75) is 18.7 Å². The monoisotopic (exact) mass is 289 g/mol. The molecule has 5 nitrogen and oxygen atoms in total. The molecule has 0 amide bonds. The fourth-order valence-corrected chi connectivity index (χ4v) is 2.76. The van der Waals surface area contributed by atoms with E-state index in [1.807, 2.05) is 6.07 Å². The molecule has 0 aliphatic heterocycles. The quantitative estimate of drug-likeness (QED) is 0.836. The third kappa shape index (κ3) is 5.47. The maximum Gasteiger partial charge on any atom is 0.216 e. The van der Waals surface area contributed by atoms with Gasteiger partial charge >= 0.3 is 0 Å². The molecule has 0 fully saturated rings. The molecule has 3 N–H and O–H groups in total. The molecule has 0 spiro atoms. The zero-order valence-corrected chi connectivity index (χ0v) is 11.6. The Kier molecular flexibility index (Phi) is 6.88. The summed E-state index contributed by atoms with van der Waals surface area (Å²) in [6, 6.07) is 8.21. The van der Waals surface area contributed by atoms with Crippen LogP contribution in [0.2, 0.25) is 0 Å². The van der Waals surface area contributed by atoms with Gasteiger partial charge in [0.1, 0.15) is 0 Å². The topological polar surface area (TPSA) is 96.0 Å². The molecule has 0 aliphatic carbocycles. The number of sulfonamides is 1. The maximum absolute atomic E-state index is 11.7. The van der Waals surface area contributed by atoms with E-state index in [1.165, 1.54) is 0 Å². The Bertz CT molecular complexity index is 525. The van der Waals surface area contributed by atoms with Gasteiger partial charge in [0.2, 0.25) is 10.0 Å². The molecule has 100 valence electrons. The molecular formula is C11H16ClN3O2S. The highest BCUT2D eigenvalue weighted by molar-refractivity contribution is 7.88. The van der Waals surface area contributed by atoms with E-state index in [0.29, 0.717) is 11.1 Å². The summed E-state index contributed by atoms with van der Waals surface area (Å²) in [5.41, 5.74) is 6.38. The summed E-state index contributed by atoms with van der Waals surface area (Å²) >= 11 is 0. The van der Waals surface area contributed by atoms with Crippen molar-refractivity contribution in [1.29, 1.82) is 5.26 Å². The molecule has 0 heterocycles. The van der Waals surface area contributed by atoms with Crippen LogP contribution in [-0.4, -0.2) is 21.0 Å². The first-order valence-electron chi connectivity index (χ1n) is 5.16. The Labute approximate surface area is 113 Å². The summed E-state index contributed by atoms with van der Waals surface area (Å²) in [6.45, 7) is 1.95. The SMILES string of the molecule is C[C@H](CN)NS(=O)(=O)Cc1cccc(C#N)c1.Cl.